The Labute approximate surface area is 251 Å². The highest BCUT2D eigenvalue weighted by Crippen LogP contribution is 2.31. The topological polar surface area (TPSA) is 120 Å². The first-order valence-electron chi connectivity index (χ1n) is 13.9. The first-order chi connectivity index (χ1) is 20.7. The summed E-state index contributed by atoms with van der Waals surface area (Å²) < 4.78 is 15.9. The quantitative estimate of drug-likeness (QED) is 0.101. The van der Waals surface area contributed by atoms with Crippen LogP contribution in [-0.2, 0) is 22.8 Å². The summed E-state index contributed by atoms with van der Waals surface area (Å²) in [5.74, 6) is 0.501. The van der Waals surface area contributed by atoms with E-state index in [-0.39, 0.29) is 5.91 Å². The largest absolute Gasteiger partial charge is 0.437 e. The van der Waals surface area contributed by atoms with Gasteiger partial charge in [-0.15, -0.1) is 0 Å². The second kappa shape index (κ2) is 12.9. The Balaban J connectivity index is 1.43. The van der Waals surface area contributed by atoms with Gasteiger partial charge >= 0.3 is 0 Å². The number of carbonyl (C=O) groups is 1. The summed E-state index contributed by atoms with van der Waals surface area (Å²) in [6.45, 7) is 12.0. The fourth-order valence-corrected chi connectivity index (χ4v) is 5.10. The minimum absolute atomic E-state index is 0.309. The van der Waals surface area contributed by atoms with Crippen molar-refractivity contribution in [3.63, 3.8) is 0 Å². The molecule has 0 radical (unpaired) electrons. The highest BCUT2D eigenvalue weighted by molar-refractivity contribution is 6.76. The molecule has 0 unspecified atom stereocenters. The number of nitrogens with zero attached hydrogens (tertiary/aromatic N) is 6. The zero-order valence-corrected chi connectivity index (χ0v) is 25.4. The van der Waals surface area contributed by atoms with Crippen LogP contribution in [-0.4, -0.2) is 44.9 Å². The van der Waals surface area contributed by atoms with Gasteiger partial charge in [-0.3, -0.25) is 9.48 Å². The summed E-state index contributed by atoms with van der Waals surface area (Å²) in [6, 6.07) is 17.7. The Morgan fingerprint density at radius 2 is 1.95 bits per heavy atom. The molecule has 10 nitrogen and oxygen atoms in total. The third-order valence-electron chi connectivity index (χ3n) is 6.65. The molecule has 2 aromatic carbocycles. The van der Waals surface area contributed by atoms with Gasteiger partial charge in [0, 0.05) is 50.0 Å². The number of hydrogen-bond donors (Lipinski definition) is 1. The maximum atomic E-state index is 11.7. The van der Waals surface area contributed by atoms with Gasteiger partial charge in [-0.2, -0.15) is 10.4 Å². The first-order valence-corrected chi connectivity index (χ1v) is 17.6. The van der Waals surface area contributed by atoms with Crippen molar-refractivity contribution in [3.8, 4) is 28.8 Å². The highest BCUT2D eigenvalue weighted by Gasteiger charge is 2.18. The molecule has 0 spiro atoms. The van der Waals surface area contributed by atoms with Crippen LogP contribution >= 0.6 is 0 Å². The van der Waals surface area contributed by atoms with Crippen molar-refractivity contribution in [1.82, 2.24) is 24.3 Å². The fourth-order valence-electron chi connectivity index (χ4n) is 4.35. The van der Waals surface area contributed by atoms with Crippen LogP contribution < -0.4 is 10.1 Å². The van der Waals surface area contributed by atoms with Gasteiger partial charge < -0.3 is 19.4 Å². The maximum Gasteiger partial charge on any atom is 0.247 e. The smallest absolute Gasteiger partial charge is 0.247 e. The SMILES string of the molecule is C=CC(=O)Nc1cccc(Oc2cnc3c(n2)c(-c2cnn(Cc4ccc(C#N)cc4)c2)cn3COCC[Si](C)(C)C)c1. The van der Waals surface area contributed by atoms with Crippen molar-refractivity contribution in [1.29, 1.82) is 5.26 Å². The monoisotopic (exact) mass is 591 g/mol. The molecule has 0 atom stereocenters. The van der Waals surface area contributed by atoms with E-state index in [0.29, 0.717) is 53.9 Å². The number of nitrogens with one attached hydrogen (secondary N) is 1. The number of ether oxygens (including phenoxy) is 2. The third-order valence-corrected chi connectivity index (χ3v) is 8.36. The van der Waals surface area contributed by atoms with Gasteiger partial charge in [0.2, 0.25) is 11.8 Å². The Bertz CT molecular complexity index is 1800. The van der Waals surface area contributed by atoms with Crippen molar-refractivity contribution in [3.05, 3.63) is 97.1 Å². The molecule has 0 fully saturated rings. The van der Waals surface area contributed by atoms with E-state index >= 15 is 0 Å². The molecule has 5 rings (SSSR count). The van der Waals surface area contributed by atoms with Gasteiger partial charge in [0.05, 0.1) is 30.6 Å². The molecule has 0 bridgehead atoms. The van der Waals surface area contributed by atoms with Crippen molar-refractivity contribution < 1.29 is 14.3 Å². The Morgan fingerprint density at radius 1 is 1.14 bits per heavy atom. The van der Waals surface area contributed by atoms with Gasteiger partial charge in [0.15, 0.2) is 5.65 Å². The first kappa shape index (κ1) is 29.4. The molecule has 1 N–H and O–H groups in total. The van der Waals surface area contributed by atoms with Crippen LogP contribution in [0.5, 0.6) is 11.6 Å². The highest BCUT2D eigenvalue weighted by atomic mass is 28.3. The number of aromatic nitrogens is 5. The number of rotatable bonds is 12. The second-order valence-electron chi connectivity index (χ2n) is 11.3. The number of nitriles is 1. The Morgan fingerprint density at radius 3 is 2.70 bits per heavy atom. The number of amides is 1. The van der Waals surface area contributed by atoms with Gasteiger partial charge in [-0.05, 0) is 41.9 Å². The normalized spacial score (nSPS) is 11.3. The van der Waals surface area contributed by atoms with E-state index in [0.717, 1.165) is 22.7 Å². The van der Waals surface area contributed by atoms with E-state index in [1.807, 2.05) is 33.8 Å². The van der Waals surface area contributed by atoms with E-state index in [9.17, 15) is 4.79 Å². The lowest BCUT2D eigenvalue weighted by atomic mass is 10.1. The molecule has 11 heteroatoms. The number of carbonyl (C=O) groups excluding carboxylic acids is 1. The zero-order chi connectivity index (χ0) is 30.4. The van der Waals surface area contributed by atoms with E-state index in [4.69, 9.17) is 24.7 Å². The minimum atomic E-state index is -1.23. The number of fused-ring (bicyclic) bond motifs is 1. The molecule has 3 heterocycles. The molecule has 0 aliphatic carbocycles. The Kier molecular flexibility index (Phi) is 8.80. The molecule has 0 aliphatic heterocycles. The summed E-state index contributed by atoms with van der Waals surface area (Å²) in [6.07, 6.45) is 8.53. The van der Waals surface area contributed by atoms with Crippen LogP contribution in [0.25, 0.3) is 22.3 Å². The van der Waals surface area contributed by atoms with E-state index < -0.39 is 8.07 Å². The van der Waals surface area contributed by atoms with Crippen LogP contribution in [0, 0.1) is 11.3 Å². The molecule has 0 saturated carbocycles. The average molecular weight is 592 g/mol. The third kappa shape index (κ3) is 7.62. The van der Waals surface area contributed by atoms with Crippen LogP contribution in [0.4, 0.5) is 5.69 Å². The number of anilines is 1. The van der Waals surface area contributed by atoms with E-state index in [1.54, 1.807) is 48.8 Å². The van der Waals surface area contributed by atoms with E-state index in [2.05, 4.69) is 42.7 Å². The molecule has 0 saturated heterocycles. The second-order valence-corrected chi connectivity index (χ2v) is 16.9. The summed E-state index contributed by atoms with van der Waals surface area (Å²) in [5, 5.41) is 16.4. The van der Waals surface area contributed by atoms with Crippen molar-refractivity contribution >= 4 is 30.8 Å². The van der Waals surface area contributed by atoms with Crippen LogP contribution in [0.15, 0.2) is 86.0 Å². The maximum absolute atomic E-state index is 11.7. The molecule has 5 aromatic rings. The van der Waals surface area contributed by atoms with Crippen molar-refractivity contribution in [2.45, 2.75) is 39.0 Å². The molecule has 0 aliphatic rings. The lowest BCUT2D eigenvalue weighted by Crippen LogP contribution is -2.22. The summed E-state index contributed by atoms with van der Waals surface area (Å²) in [4.78, 5) is 21.2. The predicted octanol–water partition coefficient (Wildman–Crippen LogP) is 6.44. The fraction of sp³-hybridized carbons (Fsp3) is 0.219. The van der Waals surface area contributed by atoms with Crippen LogP contribution in [0.2, 0.25) is 25.7 Å². The van der Waals surface area contributed by atoms with Gasteiger partial charge in [0.25, 0.3) is 0 Å². The Hall–Kier alpha value is -5.05. The summed E-state index contributed by atoms with van der Waals surface area (Å²) in [7, 11) is -1.23. The molecule has 3 aromatic heterocycles. The van der Waals surface area contributed by atoms with Crippen LogP contribution in [0.3, 0.4) is 0 Å². The number of hydrogen-bond acceptors (Lipinski definition) is 7. The minimum Gasteiger partial charge on any atom is -0.437 e. The van der Waals surface area contributed by atoms with Gasteiger partial charge in [0.1, 0.15) is 18.0 Å². The molecular formula is C32H33N7O3Si. The molecule has 43 heavy (non-hydrogen) atoms. The standard InChI is InChI=1S/C32H33N7O3Si/c1-5-29(40)36-26-7-6-8-27(15-26)42-30-18-34-32-31(37-30)28(21-38(32)22-41-13-14-43(2,3)4)25-17-35-39(20-25)19-24-11-9-23(16-33)10-12-24/h5-12,15,17-18,20-21H,1,13-14,19,22H2,2-4H3,(H,36,40). The lowest BCUT2D eigenvalue weighted by Gasteiger charge is -2.15. The molecular weight excluding hydrogens is 558 g/mol. The average Bonchev–Trinajstić information content (AvgIpc) is 3.59. The van der Waals surface area contributed by atoms with E-state index in [1.165, 1.54) is 6.08 Å². The lowest BCUT2D eigenvalue weighted by molar-refractivity contribution is -0.111. The van der Waals surface area contributed by atoms with Crippen molar-refractivity contribution in [2.24, 2.45) is 0 Å². The molecule has 1 amide bonds. The summed E-state index contributed by atoms with van der Waals surface area (Å²) >= 11 is 0. The van der Waals surface area contributed by atoms with Gasteiger partial charge in [-0.25, -0.2) is 9.97 Å². The van der Waals surface area contributed by atoms with Crippen molar-refractivity contribution in [2.75, 3.05) is 11.9 Å². The van der Waals surface area contributed by atoms with Gasteiger partial charge in [-0.1, -0.05) is 44.4 Å². The molecule has 218 valence electrons. The zero-order valence-electron chi connectivity index (χ0n) is 24.4. The van der Waals surface area contributed by atoms with Crippen LogP contribution in [0.1, 0.15) is 11.1 Å². The predicted molar refractivity (Wildman–Crippen MR) is 168 cm³/mol. The summed E-state index contributed by atoms with van der Waals surface area (Å²) in [5.41, 5.74) is 5.28. The number of benzene rings is 2.